The van der Waals surface area contributed by atoms with Crippen molar-refractivity contribution in [3.8, 4) is 0 Å². The van der Waals surface area contributed by atoms with Gasteiger partial charge in [0.15, 0.2) is 0 Å². The number of carboxylic acid groups (broad SMARTS) is 1. The van der Waals surface area contributed by atoms with Gasteiger partial charge in [-0.1, -0.05) is 239 Å². The standard InChI is InChI=1S/C56H109NO23S4/c1-5-7-9-11-13-15-17-19-21-23-25-27-29-31-33-35-37-39-41-73-45-55(4,46-74-42-40-38-36-34-32-30-28-26-24-22-20-18-16-14-12-10-8-6-2)47-75-56(54(59)60)43-49(78-82(64,65)66)51(57-48(3)58)53(77-56)52(80-84(70,71)72)50(79-83(67,68)69)44-76-81(61,62)63/h49-53H,5-47H2,1-4H3,(H,57,58)(H,59,60)(H,61,62,63)(H,64,65,66)(H,67,68,69)(H,70,71,72)/t49-,50+,51+,52+,53+,56+/m0/s1. The van der Waals surface area contributed by atoms with Crippen LogP contribution in [0.25, 0.3) is 0 Å². The predicted molar refractivity (Wildman–Crippen MR) is 317 cm³/mol. The Balaban J connectivity index is 3.18. The molecule has 28 heteroatoms. The fourth-order valence-corrected chi connectivity index (χ4v) is 12.2. The summed E-state index contributed by atoms with van der Waals surface area (Å²) in [5, 5.41) is 12.9. The van der Waals surface area contributed by atoms with E-state index >= 15 is 0 Å². The van der Waals surface area contributed by atoms with Gasteiger partial charge in [0.2, 0.25) is 5.91 Å². The Morgan fingerprint density at radius 2 is 0.869 bits per heavy atom. The van der Waals surface area contributed by atoms with E-state index in [4.69, 9.17) is 23.1 Å². The maximum Gasteiger partial charge on any atom is 0.397 e. The van der Waals surface area contributed by atoms with Gasteiger partial charge < -0.3 is 29.4 Å². The Labute approximate surface area is 505 Å². The lowest BCUT2D eigenvalue weighted by molar-refractivity contribution is -0.314. The lowest BCUT2D eigenvalue weighted by Gasteiger charge is -2.48. The van der Waals surface area contributed by atoms with E-state index in [9.17, 15) is 66.6 Å². The molecule has 0 spiro atoms. The number of ether oxygens (including phenoxy) is 4. The molecule has 0 aromatic heterocycles. The second-order valence-corrected chi connectivity index (χ2v) is 27.4. The molecule has 0 bridgehead atoms. The summed E-state index contributed by atoms with van der Waals surface area (Å²) in [5.41, 5.74) is -1.23. The maximum absolute atomic E-state index is 13.5. The SMILES string of the molecule is CCCCCCCCCCCCCCCCCCCCOCC(C)(COCCCCCCCCCCCCCCCCCCCC)CO[C@]1(C(=O)O)C[C@H](OS(=O)(=O)O)[C@@H](NC(C)=O)[C@H]([C@H](OS(=O)(=O)O)[C@@H](COS(=O)(=O)O)OS(=O)(=O)O)O1. The second-order valence-electron chi connectivity index (χ2n) is 23.1. The number of carbonyl (C=O) groups excluding carboxylic acids is 1. The van der Waals surface area contributed by atoms with Gasteiger partial charge in [-0.3, -0.25) is 23.0 Å². The van der Waals surface area contributed by atoms with Crippen LogP contribution in [0.15, 0.2) is 0 Å². The zero-order chi connectivity index (χ0) is 62.8. The highest BCUT2D eigenvalue weighted by Crippen LogP contribution is 2.39. The summed E-state index contributed by atoms with van der Waals surface area (Å²) in [6, 6.07) is -2.26. The van der Waals surface area contributed by atoms with E-state index in [1.807, 2.05) is 0 Å². The third-order valence-corrected chi connectivity index (χ3v) is 16.8. The molecule has 0 aliphatic carbocycles. The minimum Gasteiger partial charge on any atom is -0.477 e. The van der Waals surface area contributed by atoms with E-state index in [0.717, 1.165) is 58.3 Å². The molecule has 0 aromatic rings. The Morgan fingerprint density at radius 3 is 1.17 bits per heavy atom. The van der Waals surface area contributed by atoms with Crippen molar-refractivity contribution in [3.63, 3.8) is 0 Å². The minimum absolute atomic E-state index is 0.102. The number of amides is 1. The lowest BCUT2D eigenvalue weighted by atomic mass is 9.88. The van der Waals surface area contributed by atoms with Crippen molar-refractivity contribution in [1.82, 2.24) is 5.32 Å². The largest absolute Gasteiger partial charge is 0.477 e. The van der Waals surface area contributed by atoms with Crippen molar-refractivity contribution in [2.75, 3.05) is 39.6 Å². The van der Waals surface area contributed by atoms with Crippen LogP contribution < -0.4 is 5.32 Å². The number of hydrogen-bond acceptors (Lipinski definition) is 18. The van der Waals surface area contributed by atoms with Crippen LogP contribution in [0.1, 0.15) is 265 Å². The van der Waals surface area contributed by atoms with Crippen molar-refractivity contribution in [2.45, 2.75) is 302 Å². The van der Waals surface area contributed by atoms with Gasteiger partial charge in [0.25, 0.3) is 5.79 Å². The number of carbonyl (C=O) groups is 2. The number of hydrogen-bond donors (Lipinski definition) is 6. The van der Waals surface area contributed by atoms with E-state index in [-0.39, 0.29) is 13.2 Å². The molecular weight excluding hydrogens is 1180 g/mol. The Morgan fingerprint density at radius 1 is 0.524 bits per heavy atom. The summed E-state index contributed by atoms with van der Waals surface area (Å²) < 4.78 is 177. The molecule has 1 amide bonds. The van der Waals surface area contributed by atoms with E-state index in [1.165, 1.54) is 167 Å². The molecule has 1 heterocycles. The van der Waals surface area contributed by atoms with Gasteiger partial charge >= 0.3 is 47.6 Å². The summed E-state index contributed by atoms with van der Waals surface area (Å²) >= 11 is 0. The topological polar surface area (TPSA) is 358 Å². The van der Waals surface area contributed by atoms with Gasteiger partial charge in [0.1, 0.15) is 24.4 Å². The average molecular weight is 1290 g/mol. The fourth-order valence-electron chi connectivity index (χ4n) is 10.4. The Hall–Kier alpha value is -1.74. The molecule has 84 heavy (non-hydrogen) atoms. The van der Waals surface area contributed by atoms with Crippen molar-refractivity contribution in [2.24, 2.45) is 5.41 Å². The van der Waals surface area contributed by atoms with Crippen LogP contribution in [0.4, 0.5) is 0 Å². The predicted octanol–water partition coefficient (Wildman–Crippen LogP) is 11.6. The quantitative estimate of drug-likeness (QED) is 0.0243. The first kappa shape index (κ1) is 80.3. The van der Waals surface area contributed by atoms with Gasteiger partial charge in [-0.05, 0) is 12.8 Å². The smallest absolute Gasteiger partial charge is 0.397 e. The Bertz CT molecular complexity index is 2130. The molecule has 1 rings (SSSR count). The zero-order valence-corrected chi connectivity index (χ0v) is 54.3. The molecule has 500 valence electrons. The summed E-state index contributed by atoms with van der Waals surface area (Å²) in [5.74, 6) is -6.45. The number of unbranched alkanes of at least 4 members (excludes halogenated alkanes) is 34. The third kappa shape index (κ3) is 43.0. The molecule has 6 atom stereocenters. The molecule has 0 saturated carbocycles. The highest BCUT2D eigenvalue weighted by Gasteiger charge is 2.60. The van der Waals surface area contributed by atoms with E-state index in [2.05, 4.69) is 31.7 Å². The minimum atomic E-state index is -5.94. The van der Waals surface area contributed by atoms with Crippen LogP contribution >= 0.6 is 0 Å². The van der Waals surface area contributed by atoms with Gasteiger partial charge in [-0.15, -0.1) is 0 Å². The molecule has 0 aromatic carbocycles. The molecule has 0 unspecified atom stereocenters. The summed E-state index contributed by atoms with van der Waals surface area (Å²) in [4.78, 5) is 26.0. The number of aliphatic carboxylic acids is 1. The number of carboxylic acids is 1. The zero-order valence-electron chi connectivity index (χ0n) is 51.0. The maximum atomic E-state index is 13.5. The molecule has 0 radical (unpaired) electrons. The summed E-state index contributed by atoms with van der Waals surface area (Å²) in [7, 11) is -23.0. The molecular formula is C56H109NO23S4. The van der Waals surface area contributed by atoms with Gasteiger partial charge in [-0.25, -0.2) is 21.5 Å². The van der Waals surface area contributed by atoms with Crippen LogP contribution in [-0.4, -0.2) is 145 Å². The van der Waals surface area contributed by atoms with Gasteiger partial charge in [0.05, 0.1) is 32.5 Å². The van der Waals surface area contributed by atoms with Crippen molar-refractivity contribution in [3.05, 3.63) is 0 Å². The third-order valence-electron chi connectivity index (χ3n) is 14.9. The van der Waals surface area contributed by atoms with E-state index in [1.54, 1.807) is 6.92 Å². The van der Waals surface area contributed by atoms with E-state index in [0.29, 0.717) is 26.1 Å². The summed E-state index contributed by atoms with van der Waals surface area (Å²) in [6.45, 7) is 4.84. The second kappa shape index (κ2) is 45.5. The average Bonchev–Trinajstić information content (AvgIpc) is 1.19. The van der Waals surface area contributed by atoms with E-state index < -0.39 is 115 Å². The molecule has 6 N–H and O–H groups in total. The molecule has 1 saturated heterocycles. The number of nitrogens with one attached hydrogen (secondary N) is 1. The normalized spacial score (nSPS) is 18.9. The molecule has 1 aliphatic rings. The van der Waals surface area contributed by atoms with Gasteiger partial charge in [0, 0.05) is 32.0 Å². The van der Waals surface area contributed by atoms with Crippen molar-refractivity contribution < 1.29 is 102 Å². The highest BCUT2D eigenvalue weighted by molar-refractivity contribution is 7.81. The molecule has 24 nitrogen and oxygen atoms in total. The Kier molecular flexibility index (Phi) is 43.5. The lowest BCUT2D eigenvalue weighted by Crippen LogP contribution is -2.69. The first-order chi connectivity index (χ1) is 39.6. The van der Waals surface area contributed by atoms with Gasteiger partial charge in [-0.2, -0.15) is 33.7 Å². The van der Waals surface area contributed by atoms with Crippen LogP contribution in [0, 0.1) is 5.41 Å². The van der Waals surface area contributed by atoms with Crippen molar-refractivity contribution in [1.29, 1.82) is 0 Å². The first-order valence-corrected chi connectivity index (χ1v) is 36.7. The van der Waals surface area contributed by atoms with Crippen molar-refractivity contribution >= 4 is 53.5 Å². The number of rotatable bonds is 58. The first-order valence-electron chi connectivity index (χ1n) is 31.2. The summed E-state index contributed by atoms with van der Waals surface area (Å²) in [6.07, 6.45) is 31.0. The molecule has 1 aliphatic heterocycles. The highest BCUT2D eigenvalue weighted by atomic mass is 32.3. The van der Waals surface area contributed by atoms with Crippen LogP contribution in [0.2, 0.25) is 0 Å². The van der Waals surface area contributed by atoms with Crippen LogP contribution in [-0.2, 0) is 86.9 Å². The fraction of sp³-hybridized carbons (Fsp3) is 0.964. The van der Waals surface area contributed by atoms with Crippen LogP contribution in [0.3, 0.4) is 0 Å². The monoisotopic (exact) mass is 1290 g/mol. The van der Waals surface area contributed by atoms with Crippen LogP contribution in [0.5, 0.6) is 0 Å². The molecule has 1 fully saturated rings.